The number of hydrogen-bond acceptors (Lipinski definition) is 6. The number of likely N-dealkylation sites (N-methyl/N-ethyl adjacent to an activating group) is 1. The zero-order valence-corrected chi connectivity index (χ0v) is 32.3. The van der Waals surface area contributed by atoms with Gasteiger partial charge in [-0.3, -0.25) is 9.36 Å². The van der Waals surface area contributed by atoms with E-state index in [0.717, 1.165) is 64.2 Å². The molecule has 280 valence electrons. The average molecular weight is 697 g/mol. The van der Waals surface area contributed by atoms with Crippen LogP contribution < -0.4 is 10.2 Å². The lowest BCUT2D eigenvalue weighted by Crippen LogP contribution is -2.45. The van der Waals surface area contributed by atoms with E-state index in [-0.39, 0.29) is 12.5 Å². The van der Waals surface area contributed by atoms with E-state index in [9.17, 15) is 19.4 Å². The number of phosphoric acid groups is 1. The summed E-state index contributed by atoms with van der Waals surface area (Å²) < 4.78 is 23.0. The summed E-state index contributed by atoms with van der Waals surface area (Å²) in [7, 11) is 1.22. The molecule has 0 aromatic rings. The first-order chi connectivity index (χ1) is 23.0. The van der Waals surface area contributed by atoms with Gasteiger partial charge in [0.1, 0.15) is 13.2 Å². The molecule has 0 aliphatic heterocycles. The maximum absolute atomic E-state index is 12.8. The van der Waals surface area contributed by atoms with E-state index in [4.69, 9.17) is 9.05 Å². The predicted molar refractivity (Wildman–Crippen MR) is 201 cm³/mol. The highest BCUT2D eigenvalue weighted by atomic mass is 31.2. The van der Waals surface area contributed by atoms with Gasteiger partial charge in [0.25, 0.3) is 7.82 Å². The van der Waals surface area contributed by atoms with Crippen LogP contribution in [0.3, 0.4) is 0 Å². The number of amides is 1. The number of nitrogens with zero attached hydrogens (tertiary/aromatic N) is 1. The number of aliphatic hydroxyl groups is 1. The molecule has 0 bridgehead atoms. The van der Waals surface area contributed by atoms with E-state index in [2.05, 4.69) is 55.6 Å². The van der Waals surface area contributed by atoms with Gasteiger partial charge >= 0.3 is 0 Å². The number of carbonyl (C=O) groups excluding carboxylic acids is 1. The van der Waals surface area contributed by atoms with Gasteiger partial charge in [-0.25, -0.2) is 0 Å². The van der Waals surface area contributed by atoms with Crippen LogP contribution in [0.25, 0.3) is 0 Å². The molecule has 0 radical (unpaired) electrons. The number of allylic oxidation sites excluding steroid dienone is 7. The smallest absolute Gasteiger partial charge is 0.268 e. The van der Waals surface area contributed by atoms with Crippen LogP contribution in [0.4, 0.5) is 0 Å². The Bertz CT molecular complexity index is 928. The highest BCUT2D eigenvalue weighted by Crippen LogP contribution is 2.38. The molecule has 0 aliphatic rings. The van der Waals surface area contributed by atoms with Crippen LogP contribution in [0.5, 0.6) is 0 Å². The number of unbranched alkanes of at least 4 members (excludes halogenated alkanes) is 14. The maximum atomic E-state index is 12.8. The van der Waals surface area contributed by atoms with Crippen molar-refractivity contribution in [1.29, 1.82) is 0 Å². The van der Waals surface area contributed by atoms with Crippen molar-refractivity contribution in [2.24, 2.45) is 0 Å². The van der Waals surface area contributed by atoms with Gasteiger partial charge < -0.3 is 28.8 Å². The van der Waals surface area contributed by atoms with Crippen molar-refractivity contribution in [3.8, 4) is 0 Å². The molecule has 0 saturated carbocycles. The number of hydrogen-bond donors (Lipinski definition) is 2. The Morgan fingerprint density at radius 1 is 0.729 bits per heavy atom. The van der Waals surface area contributed by atoms with Crippen LogP contribution in [0.2, 0.25) is 0 Å². The molecule has 2 N–H and O–H groups in total. The lowest BCUT2D eigenvalue weighted by molar-refractivity contribution is -0.870. The molecule has 3 unspecified atom stereocenters. The van der Waals surface area contributed by atoms with Crippen LogP contribution in [-0.2, 0) is 18.4 Å². The second-order valence-electron chi connectivity index (χ2n) is 13.9. The molecule has 0 aliphatic carbocycles. The molecule has 0 fully saturated rings. The summed E-state index contributed by atoms with van der Waals surface area (Å²) in [6.45, 7) is 4.52. The van der Waals surface area contributed by atoms with E-state index in [1.54, 1.807) is 6.08 Å². The monoisotopic (exact) mass is 697 g/mol. The van der Waals surface area contributed by atoms with Crippen LogP contribution in [0, 0.1) is 0 Å². The summed E-state index contributed by atoms with van der Waals surface area (Å²) in [4.78, 5) is 25.1. The topological polar surface area (TPSA) is 108 Å². The Morgan fingerprint density at radius 2 is 1.23 bits per heavy atom. The fraction of sp³-hybridized carbons (Fsp3) is 0.769. The average Bonchev–Trinajstić information content (AvgIpc) is 3.02. The molecule has 0 spiro atoms. The van der Waals surface area contributed by atoms with E-state index >= 15 is 0 Å². The number of quaternary nitrogens is 1. The summed E-state index contributed by atoms with van der Waals surface area (Å²) >= 11 is 0. The quantitative estimate of drug-likeness (QED) is 0.0307. The Hall–Kier alpha value is -1.54. The number of carbonyl (C=O) groups is 1. The molecule has 9 heteroatoms. The van der Waals surface area contributed by atoms with Crippen molar-refractivity contribution in [1.82, 2.24) is 5.32 Å². The molecule has 3 atom stereocenters. The fourth-order valence-electron chi connectivity index (χ4n) is 4.90. The predicted octanol–water partition coefficient (Wildman–Crippen LogP) is 9.11. The molecule has 8 nitrogen and oxygen atoms in total. The first kappa shape index (κ1) is 46.5. The molecule has 0 rings (SSSR count). The van der Waals surface area contributed by atoms with Gasteiger partial charge in [0.2, 0.25) is 5.91 Å². The summed E-state index contributed by atoms with van der Waals surface area (Å²) in [5.41, 5.74) is 0. The lowest BCUT2D eigenvalue weighted by atomic mass is 10.1. The highest BCUT2D eigenvalue weighted by molar-refractivity contribution is 7.45. The molecular weight excluding hydrogens is 623 g/mol. The summed E-state index contributed by atoms with van der Waals surface area (Å²) in [5, 5.41) is 13.6. The molecule has 1 amide bonds. The van der Waals surface area contributed by atoms with Gasteiger partial charge in [-0.05, 0) is 64.2 Å². The molecular formula is C39H73N2O6P. The Balaban J connectivity index is 4.60. The Kier molecular flexibility index (Phi) is 30.4. The first-order valence-corrected chi connectivity index (χ1v) is 20.5. The molecule has 0 saturated heterocycles. The largest absolute Gasteiger partial charge is 0.756 e. The highest BCUT2D eigenvalue weighted by Gasteiger charge is 2.23. The lowest BCUT2D eigenvalue weighted by Gasteiger charge is -2.29. The number of aliphatic hydroxyl groups excluding tert-OH is 1. The normalized spacial score (nSPS) is 15.2. The zero-order chi connectivity index (χ0) is 35.8. The SMILES string of the molecule is CCCCC/C=C\C/C=C\CCCCCCCC(=O)NC(COP(=O)([O-])OCC[N+](C)(C)C)C(O)/C=C/CC/C=C/CCCCCCC. The van der Waals surface area contributed by atoms with Gasteiger partial charge in [0, 0.05) is 6.42 Å². The third-order valence-corrected chi connectivity index (χ3v) is 8.98. The van der Waals surface area contributed by atoms with E-state index in [1.807, 2.05) is 27.2 Å². The third kappa shape index (κ3) is 33.0. The second-order valence-corrected chi connectivity index (χ2v) is 15.3. The van der Waals surface area contributed by atoms with Gasteiger partial charge in [0.05, 0.1) is 39.9 Å². The van der Waals surface area contributed by atoms with Crippen LogP contribution in [-0.4, -0.2) is 68.5 Å². The maximum Gasteiger partial charge on any atom is 0.268 e. The van der Waals surface area contributed by atoms with Crippen LogP contribution in [0.15, 0.2) is 48.6 Å². The minimum absolute atomic E-state index is 0.0111. The fourth-order valence-corrected chi connectivity index (χ4v) is 5.62. The van der Waals surface area contributed by atoms with Crippen molar-refractivity contribution >= 4 is 13.7 Å². The molecule has 48 heavy (non-hydrogen) atoms. The minimum Gasteiger partial charge on any atom is -0.756 e. The number of phosphoric ester groups is 1. The summed E-state index contributed by atoms with van der Waals surface area (Å²) in [6.07, 6.45) is 37.2. The van der Waals surface area contributed by atoms with Crippen molar-refractivity contribution in [3.05, 3.63) is 48.6 Å². The number of nitrogens with one attached hydrogen (secondary N) is 1. The van der Waals surface area contributed by atoms with Crippen molar-refractivity contribution in [2.75, 3.05) is 40.9 Å². The van der Waals surface area contributed by atoms with Gasteiger partial charge in [0.15, 0.2) is 0 Å². The van der Waals surface area contributed by atoms with E-state index in [1.165, 1.54) is 57.8 Å². The molecule has 0 heterocycles. The van der Waals surface area contributed by atoms with Crippen LogP contribution in [0.1, 0.15) is 142 Å². The van der Waals surface area contributed by atoms with Gasteiger partial charge in [-0.1, -0.05) is 120 Å². The standard InChI is InChI=1S/C39H73N2O6P/c1-6-8-10-12-14-16-18-19-20-21-23-25-27-29-31-33-39(43)40-37(36-47-48(44,45)46-35-34-41(3,4)5)38(42)32-30-28-26-24-22-17-15-13-11-9-7-2/h14,16,19-20,22,24,30,32,37-38,42H,6-13,15,17-18,21,23,25-29,31,33-36H2,1-5H3,(H-,40,43,44,45)/b16-14-,20-19-,24-22+,32-30+. The summed E-state index contributed by atoms with van der Waals surface area (Å²) in [6, 6.07) is -0.908. The zero-order valence-electron chi connectivity index (χ0n) is 31.4. The second kappa shape index (κ2) is 31.4. The molecule has 0 aromatic carbocycles. The first-order valence-electron chi connectivity index (χ1n) is 19.0. The van der Waals surface area contributed by atoms with E-state index in [0.29, 0.717) is 17.4 Å². The van der Waals surface area contributed by atoms with Gasteiger partial charge in [-0.15, -0.1) is 0 Å². The van der Waals surface area contributed by atoms with Gasteiger partial charge in [-0.2, -0.15) is 0 Å². The Morgan fingerprint density at radius 3 is 1.85 bits per heavy atom. The summed E-state index contributed by atoms with van der Waals surface area (Å²) in [5.74, 6) is -0.227. The number of rotatable bonds is 33. The van der Waals surface area contributed by atoms with Crippen molar-refractivity contribution in [3.63, 3.8) is 0 Å². The Labute approximate surface area is 295 Å². The third-order valence-electron chi connectivity index (χ3n) is 8.01. The van der Waals surface area contributed by atoms with E-state index < -0.39 is 26.6 Å². The minimum atomic E-state index is -4.59. The van der Waals surface area contributed by atoms with Crippen LogP contribution >= 0.6 is 7.82 Å². The molecule has 0 aromatic heterocycles. The van der Waals surface area contributed by atoms with Crippen molar-refractivity contribution in [2.45, 2.75) is 154 Å². The van der Waals surface area contributed by atoms with Crippen molar-refractivity contribution < 1.29 is 32.9 Å².